The number of phenolic OH excluding ortho intramolecular Hbond substituents is 2. The molecule has 17 nitrogen and oxygen atoms in total. The molecule has 2 unspecified atom stereocenters. The Hall–Kier alpha value is -5.47. The SMILES string of the molecule is CCC1C2=CC=NC2=C[NH+]1c1c2c(cc3c(=O)cc(C)oc13)C[C@@H](OOC[C@@](O)(Cc1ccc(O)c3ccc(O)cc13)[C@@H](O)[C@H](O)[C@H](O)CO)[C@@]1(C[C@H]([C@@H]3CNC(=O)C34CCCCC4)C=C[C@H]1CNC)O2. The van der Waals surface area contributed by atoms with E-state index in [9.17, 15) is 45.3 Å². The molecule has 1 saturated heterocycles. The predicted molar refractivity (Wildman–Crippen MR) is 262 cm³/mol. The van der Waals surface area contributed by atoms with Gasteiger partial charge in [-0.15, -0.1) is 0 Å². The highest BCUT2D eigenvalue weighted by atomic mass is 17.2. The van der Waals surface area contributed by atoms with Crippen LogP contribution in [0.25, 0.3) is 21.7 Å². The van der Waals surface area contributed by atoms with Crippen LogP contribution in [0.3, 0.4) is 0 Å². The fraction of sp³-hybridized carbons (Fsp3) is 0.500. The smallest absolute Gasteiger partial charge is 0.226 e. The van der Waals surface area contributed by atoms with Gasteiger partial charge in [0.25, 0.3) is 0 Å². The monoisotopic (exact) mass is 977 g/mol. The number of nitrogens with one attached hydrogen (secondary N) is 3. The molecule has 17 heteroatoms. The van der Waals surface area contributed by atoms with E-state index >= 15 is 0 Å². The summed E-state index contributed by atoms with van der Waals surface area (Å²) < 4.78 is 14.3. The molecule has 6 aliphatic rings. The molecular formula is C54H65N4O13+. The van der Waals surface area contributed by atoms with E-state index < -0.39 is 60.7 Å². The standard InChI is InChI=1S/C54H64N4O13/c1-4-41-36-14-17-56-40(36)26-58(41)46-48-32(19-38-43(62)18-29(2)69-49(38)46)20-45(54(70-48)23-31(8-10-33(54)24-55-3)39-25-57-51(66)52(39)15-6-5-7-16-52)71-68-28-53(67,50(65)47(64)44(63)27-59)22-30-9-13-42(61)35-12-11-34(60)21-37(30)35/h8-14,17-19,21,26,31,33,39,41,44-45,47,50,55,59-61,63-65,67H,4-7,15-16,20,22-25,27-28H2,1-3H3,(H,57,66)/p+1/t31-,33+,39+,41?,44-,45-,47-,50+,53+,54+/m1/s1. The minimum absolute atomic E-state index is 0.0656. The van der Waals surface area contributed by atoms with Crippen molar-refractivity contribution in [2.45, 2.75) is 113 Å². The lowest BCUT2D eigenvalue weighted by atomic mass is 9.59. The molecule has 1 aromatic heterocycles. The van der Waals surface area contributed by atoms with Crippen molar-refractivity contribution in [3.63, 3.8) is 0 Å². The first-order chi connectivity index (χ1) is 34.1. The molecule has 3 aromatic carbocycles. The number of benzene rings is 3. The van der Waals surface area contributed by atoms with Crippen molar-refractivity contribution in [1.29, 1.82) is 0 Å². The van der Waals surface area contributed by atoms with Crippen LogP contribution in [0.1, 0.15) is 68.8 Å². The van der Waals surface area contributed by atoms with Crippen LogP contribution in [-0.4, -0.2) is 123 Å². The summed E-state index contributed by atoms with van der Waals surface area (Å²) in [6, 6.07) is 10.4. The molecule has 1 saturated carbocycles. The number of allylic oxidation sites excluding steroid dienone is 2. The maximum absolute atomic E-state index is 14.0. The average Bonchev–Trinajstić information content (AvgIpc) is 4.05. The van der Waals surface area contributed by atoms with Gasteiger partial charge in [0.1, 0.15) is 77.4 Å². The highest BCUT2D eigenvalue weighted by Gasteiger charge is 2.60. The number of amides is 1. The first kappa shape index (κ1) is 49.1. The second-order valence-corrected chi connectivity index (χ2v) is 20.7. The number of hydrogen-bond donors (Lipinski definition) is 10. The number of ether oxygens (including phenoxy) is 1. The minimum atomic E-state index is -2.44. The van der Waals surface area contributed by atoms with Gasteiger partial charge < -0.3 is 55.5 Å². The Bertz CT molecular complexity index is 2910. The number of carbonyl (C=O) groups is 1. The van der Waals surface area contributed by atoms with Gasteiger partial charge in [0, 0.05) is 67.1 Å². The molecule has 11 atom stereocenters. The molecule has 0 bridgehead atoms. The number of aliphatic imine (C=N–C) groups is 1. The van der Waals surface area contributed by atoms with Crippen molar-refractivity contribution >= 4 is 39.6 Å². The number of hydrogen-bond acceptors (Lipinski definition) is 15. The summed E-state index contributed by atoms with van der Waals surface area (Å²) in [6.45, 7) is 3.05. The van der Waals surface area contributed by atoms with Crippen LogP contribution in [-0.2, 0) is 27.4 Å². The van der Waals surface area contributed by atoms with Crippen LogP contribution in [0.2, 0.25) is 0 Å². The maximum atomic E-state index is 14.0. The number of fused-ring (bicyclic) bond motifs is 4. The highest BCUT2D eigenvalue weighted by Crippen LogP contribution is 2.55. The van der Waals surface area contributed by atoms with Gasteiger partial charge in [0.2, 0.25) is 17.2 Å². The van der Waals surface area contributed by atoms with Gasteiger partial charge in [0.05, 0.1) is 17.4 Å². The molecule has 71 heavy (non-hydrogen) atoms. The van der Waals surface area contributed by atoms with Crippen LogP contribution in [0.4, 0.5) is 5.69 Å². The van der Waals surface area contributed by atoms with E-state index in [0.717, 1.165) is 54.7 Å². The number of nitrogens with zero attached hydrogens (tertiary/aromatic N) is 1. The van der Waals surface area contributed by atoms with Crippen LogP contribution in [0, 0.1) is 30.1 Å². The van der Waals surface area contributed by atoms with E-state index in [0.29, 0.717) is 69.6 Å². The van der Waals surface area contributed by atoms with Crippen molar-refractivity contribution in [3.8, 4) is 17.2 Å². The summed E-state index contributed by atoms with van der Waals surface area (Å²) in [4.78, 5) is 46.3. The lowest BCUT2D eigenvalue weighted by Gasteiger charge is -2.52. The summed E-state index contributed by atoms with van der Waals surface area (Å²) in [5, 5.41) is 84.6. The lowest BCUT2D eigenvalue weighted by Crippen LogP contribution is -3.05. The zero-order valence-electron chi connectivity index (χ0n) is 40.3. The number of aromatic hydroxyl groups is 2. The van der Waals surface area contributed by atoms with Gasteiger partial charge in [0.15, 0.2) is 11.2 Å². The maximum Gasteiger partial charge on any atom is 0.226 e. The Balaban J connectivity index is 1.10. The quantitative estimate of drug-likeness (QED) is 0.0467. The molecule has 0 radical (unpaired) electrons. The first-order valence-electron chi connectivity index (χ1n) is 25.0. The second-order valence-electron chi connectivity index (χ2n) is 20.7. The Labute approximate surface area is 410 Å². The summed E-state index contributed by atoms with van der Waals surface area (Å²) in [7, 11) is 1.85. The third-order valence-electron chi connectivity index (χ3n) is 16.5. The van der Waals surface area contributed by atoms with Crippen LogP contribution in [0.5, 0.6) is 17.2 Å². The highest BCUT2D eigenvalue weighted by molar-refractivity contribution is 5.92. The molecule has 10 rings (SSSR count). The Morgan fingerprint density at radius 3 is 2.59 bits per heavy atom. The molecule has 4 aliphatic heterocycles. The topological polar surface area (TPSA) is 257 Å². The summed E-state index contributed by atoms with van der Waals surface area (Å²) in [5.74, 6) is 0.202. The number of quaternary nitrogens is 1. The van der Waals surface area contributed by atoms with Crippen LogP contribution < -0.4 is 25.7 Å². The molecular weight excluding hydrogens is 913 g/mol. The molecule has 10 N–H and O–H groups in total. The lowest BCUT2D eigenvalue weighted by molar-refractivity contribution is -0.793. The van der Waals surface area contributed by atoms with Gasteiger partial charge >= 0.3 is 0 Å². The summed E-state index contributed by atoms with van der Waals surface area (Å²) >= 11 is 0. The van der Waals surface area contributed by atoms with Crippen molar-refractivity contribution in [2.24, 2.45) is 28.2 Å². The number of aliphatic hydroxyl groups excluding tert-OH is 4. The number of aryl methyl sites for hydroxylation is 1. The molecule has 1 amide bonds. The molecule has 5 heterocycles. The summed E-state index contributed by atoms with van der Waals surface area (Å²) in [5.41, 5.74) is -0.555. The number of rotatable bonds is 15. The summed E-state index contributed by atoms with van der Waals surface area (Å²) in [6.07, 6.45) is 8.51. The number of carbonyl (C=O) groups excluding carboxylic acids is 1. The zero-order chi connectivity index (χ0) is 50.0. The van der Waals surface area contributed by atoms with Gasteiger partial charge in [-0.25, -0.2) is 9.78 Å². The van der Waals surface area contributed by atoms with E-state index in [1.807, 2.05) is 19.3 Å². The second kappa shape index (κ2) is 19.2. The van der Waals surface area contributed by atoms with Gasteiger partial charge in [-0.05, 0) is 92.4 Å². The average molecular weight is 978 g/mol. The molecule has 2 fully saturated rings. The zero-order valence-corrected chi connectivity index (χ0v) is 40.3. The van der Waals surface area contributed by atoms with Crippen LogP contribution in [0.15, 0.2) is 92.4 Å². The predicted octanol–water partition coefficient (Wildman–Crippen LogP) is 2.97. The molecule has 2 aliphatic carbocycles. The van der Waals surface area contributed by atoms with Crippen molar-refractivity contribution in [2.75, 3.05) is 33.4 Å². The largest absolute Gasteiger partial charge is 0.508 e. The Kier molecular flexibility index (Phi) is 13.3. The van der Waals surface area contributed by atoms with Crippen molar-refractivity contribution in [3.05, 3.63) is 105 Å². The molecule has 4 aromatic rings. The minimum Gasteiger partial charge on any atom is -0.508 e. The van der Waals surface area contributed by atoms with E-state index in [1.54, 1.807) is 19.2 Å². The fourth-order valence-corrected chi connectivity index (χ4v) is 12.9. The number of aliphatic hydroxyl groups is 5. The molecule has 378 valence electrons. The van der Waals surface area contributed by atoms with E-state index in [4.69, 9.17) is 18.9 Å². The van der Waals surface area contributed by atoms with Crippen molar-refractivity contribution < 1.29 is 64.4 Å². The number of phenols is 2. The fourth-order valence-electron chi connectivity index (χ4n) is 12.9. The molecule has 2 spiro atoms. The van der Waals surface area contributed by atoms with Gasteiger partial charge in [-0.3, -0.25) is 19.5 Å². The van der Waals surface area contributed by atoms with Gasteiger partial charge in [-0.1, -0.05) is 44.4 Å². The normalized spacial score (nSPS) is 28.6. The van der Waals surface area contributed by atoms with E-state index in [-0.39, 0.29) is 53.1 Å². The Morgan fingerprint density at radius 2 is 1.83 bits per heavy atom. The van der Waals surface area contributed by atoms with Crippen molar-refractivity contribution in [1.82, 2.24) is 10.6 Å². The Morgan fingerprint density at radius 1 is 1.03 bits per heavy atom. The van der Waals surface area contributed by atoms with E-state index in [1.165, 1.54) is 36.4 Å². The third kappa shape index (κ3) is 8.38. The van der Waals surface area contributed by atoms with Gasteiger partial charge in [-0.2, -0.15) is 0 Å². The first-order valence-corrected chi connectivity index (χ1v) is 25.0. The third-order valence-corrected chi connectivity index (χ3v) is 16.5. The van der Waals surface area contributed by atoms with Crippen LogP contribution >= 0.6 is 0 Å². The van der Waals surface area contributed by atoms with E-state index in [2.05, 4.69) is 34.7 Å².